The molecule has 3 amide bonds. The van der Waals surface area contributed by atoms with Crippen molar-refractivity contribution in [2.75, 3.05) is 11.9 Å². The number of nitrogens with zero attached hydrogens (tertiary/aromatic N) is 1. The van der Waals surface area contributed by atoms with Crippen molar-refractivity contribution in [3.8, 4) is 0 Å². The number of ether oxygens (including phenoxy) is 1. The summed E-state index contributed by atoms with van der Waals surface area (Å²) in [6.45, 7) is 0.433. The number of allylic oxidation sites excluding steroid dienone is 2. The van der Waals surface area contributed by atoms with Crippen LogP contribution in [0.1, 0.15) is 19.8 Å². The number of hydrogen-bond acceptors (Lipinski definition) is 5. The topological polar surface area (TPSA) is 92.8 Å². The van der Waals surface area contributed by atoms with Gasteiger partial charge in [0.15, 0.2) is 24.1 Å². The van der Waals surface area contributed by atoms with E-state index in [0.717, 1.165) is 11.0 Å². The molecule has 1 saturated heterocycles. The fourth-order valence-corrected chi connectivity index (χ4v) is 3.38. The van der Waals surface area contributed by atoms with Gasteiger partial charge < -0.3 is 10.1 Å². The second kappa shape index (κ2) is 8.06. The molecule has 1 aromatic rings. The fraction of sp³-hybridized carbons (Fsp3) is 0.368. The maximum absolute atomic E-state index is 13.6. The normalized spacial score (nSPS) is 21.7. The monoisotopic (exact) mass is 410 g/mol. The molecule has 1 N–H and O–H groups in total. The van der Waals surface area contributed by atoms with Crippen LogP contribution in [0.3, 0.4) is 0 Å². The molecule has 1 aromatic carbocycles. The Labute approximate surface area is 163 Å². The lowest BCUT2D eigenvalue weighted by atomic mass is 9.85. The van der Waals surface area contributed by atoms with Crippen LogP contribution >= 0.6 is 0 Å². The molecule has 0 unspecified atom stereocenters. The number of anilines is 1. The van der Waals surface area contributed by atoms with E-state index < -0.39 is 71.3 Å². The Morgan fingerprint density at radius 2 is 1.69 bits per heavy atom. The summed E-state index contributed by atoms with van der Waals surface area (Å²) in [4.78, 5) is 49.8. The minimum Gasteiger partial charge on any atom is -0.454 e. The quantitative estimate of drug-likeness (QED) is 0.347. The van der Waals surface area contributed by atoms with Crippen molar-refractivity contribution in [1.29, 1.82) is 0 Å². The van der Waals surface area contributed by atoms with Crippen molar-refractivity contribution >= 4 is 29.4 Å². The highest BCUT2D eigenvalue weighted by atomic mass is 19.2. The molecular formula is C19H17F3N2O5. The Bertz CT molecular complexity index is 891. The van der Waals surface area contributed by atoms with Crippen molar-refractivity contribution in [3.63, 3.8) is 0 Å². The second-order valence-corrected chi connectivity index (χ2v) is 6.76. The van der Waals surface area contributed by atoms with Gasteiger partial charge in [-0.05, 0) is 31.9 Å². The predicted octanol–water partition coefficient (Wildman–Crippen LogP) is 1.93. The van der Waals surface area contributed by atoms with Crippen LogP contribution in [0.2, 0.25) is 0 Å². The minimum atomic E-state index is -1.75. The van der Waals surface area contributed by atoms with E-state index in [1.807, 2.05) is 5.32 Å². The highest BCUT2D eigenvalue weighted by molar-refractivity contribution is 6.08. The number of amides is 3. The number of carbonyl (C=O) groups is 4. The molecule has 0 radical (unpaired) electrons. The standard InChI is InChI=1S/C19H17F3N2O5/c1-9(24-17(26)10-4-2-3-5-11(10)18(24)27)19(28)29-8-14(25)23-13-7-6-12(20)15(21)16(13)22/h2-3,6-7,9-11H,4-5,8H2,1H3,(H,23,25)/t9-,10+,11+/m0/s1. The van der Waals surface area contributed by atoms with Gasteiger partial charge in [-0.15, -0.1) is 0 Å². The highest BCUT2D eigenvalue weighted by Crippen LogP contribution is 2.36. The van der Waals surface area contributed by atoms with Gasteiger partial charge in [-0.1, -0.05) is 12.2 Å². The van der Waals surface area contributed by atoms with Gasteiger partial charge in [-0.3, -0.25) is 19.3 Å². The number of nitrogens with one attached hydrogen (secondary N) is 1. The third kappa shape index (κ3) is 3.87. The molecular weight excluding hydrogens is 393 g/mol. The average molecular weight is 410 g/mol. The van der Waals surface area contributed by atoms with Gasteiger partial charge >= 0.3 is 5.97 Å². The maximum Gasteiger partial charge on any atom is 0.329 e. The molecule has 29 heavy (non-hydrogen) atoms. The summed E-state index contributed by atoms with van der Waals surface area (Å²) < 4.78 is 44.4. The molecule has 1 heterocycles. The van der Waals surface area contributed by atoms with E-state index in [-0.39, 0.29) is 0 Å². The van der Waals surface area contributed by atoms with Gasteiger partial charge in [-0.25, -0.2) is 18.0 Å². The first-order chi connectivity index (χ1) is 13.7. The molecule has 2 aliphatic rings. The van der Waals surface area contributed by atoms with Crippen LogP contribution in [-0.2, 0) is 23.9 Å². The molecule has 1 aliphatic carbocycles. The van der Waals surface area contributed by atoms with Crippen LogP contribution in [0.25, 0.3) is 0 Å². The molecule has 3 atom stereocenters. The van der Waals surface area contributed by atoms with E-state index in [1.54, 1.807) is 12.2 Å². The van der Waals surface area contributed by atoms with Gasteiger partial charge in [-0.2, -0.15) is 0 Å². The molecule has 0 spiro atoms. The van der Waals surface area contributed by atoms with E-state index in [2.05, 4.69) is 0 Å². The smallest absolute Gasteiger partial charge is 0.329 e. The molecule has 0 aromatic heterocycles. The average Bonchev–Trinajstić information content (AvgIpc) is 2.96. The van der Waals surface area contributed by atoms with Crippen LogP contribution in [-0.4, -0.2) is 41.2 Å². The number of halogens is 3. The SMILES string of the molecule is C[C@@H](C(=O)OCC(=O)Nc1ccc(F)c(F)c1F)N1C(=O)[C@@H]2CC=CC[C@H]2C1=O. The van der Waals surface area contributed by atoms with E-state index in [4.69, 9.17) is 4.74 Å². The molecule has 154 valence electrons. The lowest BCUT2D eigenvalue weighted by molar-refractivity contribution is -0.159. The summed E-state index contributed by atoms with van der Waals surface area (Å²) >= 11 is 0. The summed E-state index contributed by atoms with van der Waals surface area (Å²) in [6, 6.07) is 0.197. The maximum atomic E-state index is 13.6. The van der Waals surface area contributed by atoms with Crippen LogP contribution < -0.4 is 5.32 Å². The number of fused-ring (bicyclic) bond motifs is 1. The van der Waals surface area contributed by atoms with Gasteiger partial charge in [0.1, 0.15) is 6.04 Å². The van der Waals surface area contributed by atoms with E-state index in [9.17, 15) is 32.3 Å². The van der Waals surface area contributed by atoms with Gasteiger partial charge in [0, 0.05) is 0 Å². The third-order valence-corrected chi connectivity index (χ3v) is 4.92. The fourth-order valence-electron chi connectivity index (χ4n) is 3.38. The van der Waals surface area contributed by atoms with Gasteiger partial charge in [0.2, 0.25) is 11.8 Å². The molecule has 0 saturated carbocycles. The van der Waals surface area contributed by atoms with Crippen LogP contribution in [0.5, 0.6) is 0 Å². The van der Waals surface area contributed by atoms with Crippen LogP contribution in [0.15, 0.2) is 24.3 Å². The predicted molar refractivity (Wildman–Crippen MR) is 92.6 cm³/mol. The number of rotatable bonds is 5. The second-order valence-electron chi connectivity index (χ2n) is 6.76. The summed E-state index contributed by atoms with van der Waals surface area (Å²) in [7, 11) is 0. The molecule has 1 fully saturated rings. The zero-order valence-corrected chi connectivity index (χ0v) is 15.3. The Balaban J connectivity index is 1.58. The molecule has 1 aliphatic heterocycles. The Morgan fingerprint density at radius 1 is 1.10 bits per heavy atom. The van der Waals surface area contributed by atoms with E-state index in [0.29, 0.717) is 18.9 Å². The number of imide groups is 1. The summed E-state index contributed by atoms with van der Waals surface area (Å²) in [5, 5.41) is 1.95. The van der Waals surface area contributed by atoms with Crippen LogP contribution in [0, 0.1) is 29.3 Å². The number of hydrogen-bond donors (Lipinski definition) is 1. The molecule has 10 heteroatoms. The largest absolute Gasteiger partial charge is 0.454 e. The zero-order chi connectivity index (χ0) is 21.3. The van der Waals surface area contributed by atoms with Gasteiger partial charge in [0.25, 0.3) is 5.91 Å². The number of likely N-dealkylation sites (tertiary alicyclic amines) is 1. The van der Waals surface area contributed by atoms with Crippen molar-refractivity contribution in [2.24, 2.45) is 11.8 Å². The Morgan fingerprint density at radius 3 is 2.28 bits per heavy atom. The summed E-state index contributed by atoms with van der Waals surface area (Å²) in [5.74, 6) is -8.74. The lowest BCUT2D eigenvalue weighted by Crippen LogP contribution is -2.45. The van der Waals surface area contributed by atoms with Crippen molar-refractivity contribution < 1.29 is 37.1 Å². The highest BCUT2D eigenvalue weighted by Gasteiger charge is 2.50. The Hall–Kier alpha value is -3.17. The summed E-state index contributed by atoms with van der Waals surface area (Å²) in [5.41, 5.74) is -0.625. The molecule has 3 rings (SSSR count). The number of benzene rings is 1. The first-order valence-electron chi connectivity index (χ1n) is 8.84. The molecule has 0 bridgehead atoms. The third-order valence-electron chi connectivity index (χ3n) is 4.92. The van der Waals surface area contributed by atoms with Crippen molar-refractivity contribution in [2.45, 2.75) is 25.8 Å². The number of esters is 1. The zero-order valence-electron chi connectivity index (χ0n) is 15.3. The first-order valence-corrected chi connectivity index (χ1v) is 8.84. The lowest BCUT2D eigenvalue weighted by Gasteiger charge is -2.21. The molecule has 7 nitrogen and oxygen atoms in total. The van der Waals surface area contributed by atoms with E-state index >= 15 is 0 Å². The minimum absolute atomic E-state index is 0.412. The van der Waals surface area contributed by atoms with Gasteiger partial charge in [0.05, 0.1) is 17.5 Å². The first kappa shape index (κ1) is 20.6. The summed E-state index contributed by atoms with van der Waals surface area (Å²) in [6.07, 6.45) is 4.44. The van der Waals surface area contributed by atoms with Crippen LogP contribution in [0.4, 0.5) is 18.9 Å². The van der Waals surface area contributed by atoms with E-state index in [1.165, 1.54) is 6.92 Å². The Kier molecular flexibility index (Phi) is 5.71. The van der Waals surface area contributed by atoms with Crippen molar-refractivity contribution in [3.05, 3.63) is 41.7 Å². The number of carbonyl (C=O) groups excluding carboxylic acids is 4. The van der Waals surface area contributed by atoms with Crippen molar-refractivity contribution in [1.82, 2.24) is 4.90 Å².